The van der Waals surface area contributed by atoms with Crippen LogP contribution in [0.15, 0.2) is 83.4 Å². The predicted octanol–water partition coefficient (Wildman–Crippen LogP) is 5.47. The van der Waals surface area contributed by atoms with Gasteiger partial charge < -0.3 is 9.84 Å². The molecule has 6 nitrogen and oxygen atoms in total. The number of hydrogen-bond acceptors (Lipinski definition) is 5. The molecule has 2 unspecified atom stereocenters. The van der Waals surface area contributed by atoms with E-state index < -0.39 is 0 Å². The third-order valence-electron chi connectivity index (χ3n) is 6.92. The second-order valence-electron chi connectivity index (χ2n) is 9.66. The van der Waals surface area contributed by atoms with E-state index in [0.717, 1.165) is 41.6 Å². The number of aromatic nitrogens is 2. The molecule has 2 heterocycles. The Labute approximate surface area is 212 Å². The maximum Gasteiger partial charge on any atom is 0.241 e. The Morgan fingerprint density at radius 3 is 2.50 bits per heavy atom. The van der Waals surface area contributed by atoms with Crippen molar-refractivity contribution in [3.05, 3.63) is 107 Å². The maximum absolute atomic E-state index is 13.5. The highest BCUT2D eigenvalue weighted by atomic mass is 16.5. The lowest BCUT2D eigenvalue weighted by Gasteiger charge is -2.32. The zero-order valence-corrected chi connectivity index (χ0v) is 20.9. The van der Waals surface area contributed by atoms with Gasteiger partial charge in [0.15, 0.2) is 0 Å². The first-order valence-electron chi connectivity index (χ1n) is 12.6. The zero-order chi connectivity index (χ0) is 24.9. The number of nitrogens with zero attached hydrogens (tertiary/aromatic N) is 3. The second kappa shape index (κ2) is 10.9. The van der Waals surface area contributed by atoms with Gasteiger partial charge in [0.2, 0.25) is 17.6 Å². The number of rotatable bonds is 7. The van der Waals surface area contributed by atoms with Crippen LogP contribution in [0.4, 0.5) is 0 Å². The minimum absolute atomic E-state index is 0.0836. The molecule has 1 fully saturated rings. The van der Waals surface area contributed by atoms with Crippen LogP contribution >= 0.6 is 0 Å². The summed E-state index contributed by atoms with van der Waals surface area (Å²) in [6.07, 6.45) is 1.83. The van der Waals surface area contributed by atoms with Crippen LogP contribution in [0.2, 0.25) is 0 Å². The summed E-state index contributed by atoms with van der Waals surface area (Å²) >= 11 is 0. The number of aryl methyl sites for hydroxylation is 2. The van der Waals surface area contributed by atoms with Crippen LogP contribution in [0, 0.1) is 19.8 Å². The quantitative estimate of drug-likeness (QED) is 0.380. The van der Waals surface area contributed by atoms with Crippen molar-refractivity contribution < 1.29 is 9.32 Å². The van der Waals surface area contributed by atoms with Crippen molar-refractivity contribution in [3.8, 4) is 11.4 Å². The van der Waals surface area contributed by atoms with Crippen LogP contribution in [0.25, 0.3) is 11.4 Å². The van der Waals surface area contributed by atoms with Gasteiger partial charge in [0, 0.05) is 12.1 Å². The number of carbonyl (C=O) groups is 1. The Bertz CT molecular complexity index is 1300. The van der Waals surface area contributed by atoms with Gasteiger partial charge in [-0.1, -0.05) is 89.6 Å². The van der Waals surface area contributed by atoms with Crippen LogP contribution in [-0.2, 0) is 11.3 Å². The first-order valence-corrected chi connectivity index (χ1v) is 12.6. The molecule has 0 radical (unpaired) electrons. The van der Waals surface area contributed by atoms with Crippen molar-refractivity contribution in [2.24, 2.45) is 5.92 Å². The van der Waals surface area contributed by atoms with Gasteiger partial charge in [0.1, 0.15) is 0 Å². The minimum atomic E-state index is -0.178. The fraction of sp³-hybridized carbons (Fsp3) is 0.300. The number of benzene rings is 3. The highest BCUT2D eigenvalue weighted by Gasteiger charge is 2.29. The maximum atomic E-state index is 13.5. The molecule has 184 valence electrons. The summed E-state index contributed by atoms with van der Waals surface area (Å²) in [4.78, 5) is 20.3. The standard InChI is InChI=1S/C30H32N4O2/c1-21-14-16-24(17-15-21)28(23-10-4-3-5-11-23)32-30(35)25-12-8-18-34(19-25)20-27-31-29(33-36-27)26-13-7-6-9-22(26)2/h3-7,9-11,13-17,25,28H,8,12,18-20H2,1-2H3,(H,32,35). The van der Waals surface area contributed by atoms with Crippen molar-refractivity contribution in [2.45, 2.75) is 39.3 Å². The second-order valence-corrected chi connectivity index (χ2v) is 9.66. The number of carbonyl (C=O) groups excluding carboxylic acids is 1. The van der Waals surface area contributed by atoms with Gasteiger partial charge in [-0.2, -0.15) is 4.98 Å². The summed E-state index contributed by atoms with van der Waals surface area (Å²) in [6.45, 7) is 6.24. The topological polar surface area (TPSA) is 71.3 Å². The molecule has 0 aliphatic carbocycles. The Kier molecular flexibility index (Phi) is 7.23. The monoisotopic (exact) mass is 480 g/mol. The summed E-state index contributed by atoms with van der Waals surface area (Å²) in [6, 6.07) is 26.4. The molecular formula is C30H32N4O2. The number of hydrogen-bond donors (Lipinski definition) is 1. The van der Waals surface area contributed by atoms with Crippen molar-refractivity contribution in [2.75, 3.05) is 13.1 Å². The van der Waals surface area contributed by atoms with Crippen LogP contribution < -0.4 is 5.32 Å². The van der Waals surface area contributed by atoms with Gasteiger partial charge in [-0.15, -0.1) is 0 Å². The molecule has 0 bridgehead atoms. The fourth-order valence-corrected chi connectivity index (χ4v) is 4.88. The van der Waals surface area contributed by atoms with Gasteiger partial charge in [-0.25, -0.2) is 0 Å². The minimum Gasteiger partial charge on any atom is -0.345 e. The largest absolute Gasteiger partial charge is 0.345 e. The first-order chi connectivity index (χ1) is 17.6. The third-order valence-corrected chi connectivity index (χ3v) is 6.92. The number of amides is 1. The lowest BCUT2D eigenvalue weighted by molar-refractivity contribution is -0.127. The van der Waals surface area contributed by atoms with E-state index in [9.17, 15) is 4.79 Å². The fourth-order valence-electron chi connectivity index (χ4n) is 4.88. The lowest BCUT2D eigenvalue weighted by Crippen LogP contribution is -2.43. The molecule has 1 aliphatic heterocycles. The molecule has 1 saturated heterocycles. The number of nitrogens with one attached hydrogen (secondary N) is 1. The molecular weight excluding hydrogens is 448 g/mol. The van der Waals surface area contributed by atoms with E-state index in [2.05, 4.69) is 63.7 Å². The summed E-state index contributed by atoms with van der Waals surface area (Å²) < 4.78 is 5.56. The molecule has 1 N–H and O–H groups in total. The van der Waals surface area contributed by atoms with E-state index in [1.165, 1.54) is 5.56 Å². The molecule has 36 heavy (non-hydrogen) atoms. The van der Waals surface area contributed by atoms with Crippen LogP contribution in [0.1, 0.15) is 47.0 Å². The summed E-state index contributed by atoms with van der Waals surface area (Å²) in [5.74, 6) is 1.18. The molecule has 5 rings (SSSR count). The Morgan fingerprint density at radius 1 is 1.00 bits per heavy atom. The van der Waals surface area contributed by atoms with Crippen molar-refractivity contribution in [1.82, 2.24) is 20.4 Å². The Hall–Kier alpha value is -3.77. The van der Waals surface area contributed by atoms with Gasteiger partial charge >= 0.3 is 0 Å². The average Bonchev–Trinajstić information content (AvgIpc) is 3.37. The molecule has 3 aromatic carbocycles. The molecule has 2 atom stereocenters. The molecule has 1 aromatic heterocycles. The van der Waals surface area contributed by atoms with E-state index in [4.69, 9.17) is 4.52 Å². The normalized spacial score (nSPS) is 17.0. The Morgan fingerprint density at radius 2 is 1.72 bits per heavy atom. The molecule has 6 heteroatoms. The third kappa shape index (κ3) is 5.55. The van der Waals surface area contributed by atoms with Crippen molar-refractivity contribution >= 4 is 5.91 Å². The number of piperidine rings is 1. The van der Waals surface area contributed by atoms with E-state index >= 15 is 0 Å². The van der Waals surface area contributed by atoms with Gasteiger partial charge in [0.25, 0.3) is 0 Å². The summed E-state index contributed by atoms with van der Waals surface area (Å²) in [7, 11) is 0. The predicted molar refractivity (Wildman–Crippen MR) is 140 cm³/mol. The molecule has 0 saturated carbocycles. The highest BCUT2D eigenvalue weighted by molar-refractivity contribution is 5.80. The molecule has 1 aliphatic rings. The zero-order valence-electron chi connectivity index (χ0n) is 20.9. The van der Waals surface area contributed by atoms with Crippen molar-refractivity contribution in [3.63, 3.8) is 0 Å². The summed E-state index contributed by atoms with van der Waals surface area (Å²) in [5, 5.41) is 7.53. The van der Waals surface area contributed by atoms with Crippen LogP contribution in [0.3, 0.4) is 0 Å². The summed E-state index contributed by atoms with van der Waals surface area (Å²) in [5.41, 5.74) is 5.46. The smallest absolute Gasteiger partial charge is 0.241 e. The number of likely N-dealkylation sites (tertiary alicyclic amines) is 1. The van der Waals surface area contributed by atoms with Crippen LogP contribution in [-0.4, -0.2) is 34.0 Å². The van der Waals surface area contributed by atoms with Crippen LogP contribution in [0.5, 0.6) is 0 Å². The lowest BCUT2D eigenvalue weighted by atomic mass is 9.94. The molecule has 1 amide bonds. The molecule has 0 spiro atoms. The Balaban J connectivity index is 1.26. The van der Waals surface area contributed by atoms with Crippen molar-refractivity contribution in [1.29, 1.82) is 0 Å². The van der Waals surface area contributed by atoms with Gasteiger partial charge in [0.05, 0.1) is 18.5 Å². The van der Waals surface area contributed by atoms with E-state index in [1.54, 1.807) is 0 Å². The average molecular weight is 481 g/mol. The van der Waals surface area contributed by atoms with E-state index in [-0.39, 0.29) is 17.9 Å². The molecule has 4 aromatic rings. The van der Waals surface area contributed by atoms with E-state index in [0.29, 0.717) is 24.8 Å². The van der Waals surface area contributed by atoms with E-state index in [1.807, 2.05) is 49.4 Å². The van der Waals surface area contributed by atoms with Gasteiger partial charge in [-0.3, -0.25) is 9.69 Å². The first kappa shape index (κ1) is 23.9. The SMILES string of the molecule is Cc1ccc(C(NC(=O)C2CCCN(Cc3nc(-c4ccccc4C)no3)C2)c2ccccc2)cc1. The van der Waals surface area contributed by atoms with Gasteiger partial charge in [-0.05, 0) is 49.9 Å². The highest BCUT2D eigenvalue weighted by Crippen LogP contribution is 2.26.